The van der Waals surface area contributed by atoms with Gasteiger partial charge in [0.2, 0.25) is 0 Å². The third-order valence-electron chi connectivity index (χ3n) is 4.08. The Hall–Kier alpha value is -2.69. The van der Waals surface area contributed by atoms with E-state index in [2.05, 4.69) is 31.0 Å². The number of hydrogen-bond acceptors (Lipinski definition) is 4. The molecule has 0 aliphatic carbocycles. The van der Waals surface area contributed by atoms with E-state index in [1.54, 1.807) is 0 Å². The van der Waals surface area contributed by atoms with Gasteiger partial charge in [0, 0.05) is 11.6 Å². The monoisotopic (exact) mass is 341 g/mol. The Morgan fingerprint density at radius 2 is 2.08 bits per heavy atom. The first kappa shape index (κ1) is 18.6. The molecular formula is C20H23NO4. The van der Waals surface area contributed by atoms with Gasteiger partial charge in [-0.05, 0) is 42.4 Å². The van der Waals surface area contributed by atoms with E-state index in [4.69, 9.17) is 4.74 Å². The molecule has 0 saturated heterocycles. The van der Waals surface area contributed by atoms with Gasteiger partial charge in [0.1, 0.15) is 6.61 Å². The lowest BCUT2D eigenvalue weighted by Crippen LogP contribution is -2.23. The van der Waals surface area contributed by atoms with Gasteiger partial charge in [-0.25, -0.2) is 0 Å². The van der Waals surface area contributed by atoms with Gasteiger partial charge >= 0.3 is 5.97 Å². The van der Waals surface area contributed by atoms with E-state index in [1.807, 2.05) is 12.1 Å². The number of carbonyl (C=O) groups is 3. The third-order valence-corrected chi connectivity index (χ3v) is 4.08. The Balaban J connectivity index is 1.92. The summed E-state index contributed by atoms with van der Waals surface area (Å²) in [6, 6.07) is 6.19. The number of carbonyl (C=O) groups excluding carboxylic acids is 3. The van der Waals surface area contributed by atoms with E-state index < -0.39 is 17.8 Å². The molecule has 2 amide bonds. The van der Waals surface area contributed by atoms with E-state index in [9.17, 15) is 14.4 Å². The molecule has 2 rings (SSSR count). The minimum Gasteiger partial charge on any atom is -0.461 e. The number of benzene rings is 1. The molecule has 1 aliphatic rings. The molecule has 1 N–H and O–H groups in total. The van der Waals surface area contributed by atoms with E-state index in [-0.39, 0.29) is 18.6 Å². The molecule has 1 aliphatic heterocycles. The van der Waals surface area contributed by atoms with Crippen molar-refractivity contribution in [3.63, 3.8) is 0 Å². The average Bonchev–Trinajstić information content (AvgIpc) is 2.90. The number of rotatable bonds is 9. The van der Waals surface area contributed by atoms with Crippen LogP contribution in [0.2, 0.25) is 0 Å². The van der Waals surface area contributed by atoms with Crippen LogP contribution in [0, 0.1) is 0 Å². The lowest BCUT2D eigenvalue weighted by Gasteiger charge is -2.11. The Morgan fingerprint density at radius 3 is 2.72 bits per heavy atom. The quantitative estimate of drug-likeness (QED) is 0.324. The van der Waals surface area contributed by atoms with Crippen LogP contribution in [-0.2, 0) is 38.6 Å². The van der Waals surface area contributed by atoms with Crippen molar-refractivity contribution >= 4 is 17.8 Å². The van der Waals surface area contributed by atoms with Gasteiger partial charge in [-0.1, -0.05) is 31.2 Å². The standard InChI is InChI=1S/C20H23NO4/c1-3-5-6-7-14-8-9-16(15(4-2)10-14)13-25-19(23)12-17-11-18(22)21-20(17)24/h3,8-11H,1,4-7,12-13H2,2H3,(H,21,22,24). The first-order valence-electron chi connectivity index (χ1n) is 8.46. The molecular weight excluding hydrogens is 318 g/mol. The lowest BCUT2D eigenvalue weighted by atomic mass is 9.99. The molecule has 132 valence electrons. The predicted molar refractivity (Wildman–Crippen MR) is 94.6 cm³/mol. The maximum Gasteiger partial charge on any atom is 0.310 e. The molecule has 1 heterocycles. The molecule has 0 radical (unpaired) electrons. The minimum atomic E-state index is -0.528. The number of hydrogen-bond donors (Lipinski definition) is 1. The Kier molecular flexibility index (Phi) is 6.69. The fraction of sp³-hybridized carbons (Fsp3) is 0.350. The van der Waals surface area contributed by atoms with Crippen molar-refractivity contribution in [2.24, 2.45) is 0 Å². The van der Waals surface area contributed by atoms with Gasteiger partial charge < -0.3 is 4.74 Å². The maximum atomic E-state index is 11.9. The number of amides is 2. The molecule has 0 unspecified atom stereocenters. The van der Waals surface area contributed by atoms with Crippen LogP contribution in [0.5, 0.6) is 0 Å². The van der Waals surface area contributed by atoms with Gasteiger partial charge in [-0.3, -0.25) is 19.7 Å². The number of aryl methyl sites for hydroxylation is 2. The van der Waals surface area contributed by atoms with Crippen molar-refractivity contribution in [3.8, 4) is 0 Å². The topological polar surface area (TPSA) is 72.5 Å². The highest BCUT2D eigenvalue weighted by atomic mass is 16.5. The largest absolute Gasteiger partial charge is 0.461 e. The highest BCUT2D eigenvalue weighted by Gasteiger charge is 2.23. The van der Waals surface area contributed by atoms with E-state index in [1.165, 1.54) is 5.56 Å². The molecule has 0 bridgehead atoms. The number of unbranched alkanes of at least 4 members (excludes halogenated alkanes) is 1. The highest BCUT2D eigenvalue weighted by molar-refractivity contribution is 6.17. The first-order valence-corrected chi connectivity index (χ1v) is 8.46. The summed E-state index contributed by atoms with van der Waals surface area (Å²) < 4.78 is 5.27. The van der Waals surface area contributed by atoms with Crippen LogP contribution in [0.3, 0.4) is 0 Å². The highest BCUT2D eigenvalue weighted by Crippen LogP contribution is 2.17. The van der Waals surface area contributed by atoms with Gasteiger partial charge in [-0.15, -0.1) is 6.58 Å². The zero-order valence-electron chi connectivity index (χ0n) is 14.5. The van der Waals surface area contributed by atoms with Gasteiger partial charge in [-0.2, -0.15) is 0 Å². The third kappa shape index (κ3) is 5.41. The number of allylic oxidation sites excluding steroid dienone is 1. The SMILES string of the molecule is C=CCCCc1ccc(COC(=O)CC2=CC(=O)NC2=O)c(CC)c1. The molecule has 0 spiro atoms. The summed E-state index contributed by atoms with van der Waals surface area (Å²) in [6.07, 6.45) is 6.77. The second kappa shape index (κ2) is 8.97. The molecule has 0 fully saturated rings. The molecule has 0 atom stereocenters. The Bertz CT molecular complexity index is 718. The zero-order chi connectivity index (χ0) is 18.2. The van der Waals surface area contributed by atoms with Crippen molar-refractivity contribution in [2.75, 3.05) is 0 Å². The van der Waals surface area contributed by atoms with Crippen LogP contribution in [0.4, 0.5) is 0 Å². The average molecular weight is 341 g/mol. The summed E-state index contributed by atoms with van der Waals surface area (Å²) in [4.78, 5) is 34.4. The van der Waals surface area contributed by atoms with Crippen LogP contribution >= 0.6 is 0 Å². The minimum absolute atomic E-state index is 0.142. The maximum absolute atomic E-state index is 11.9. The molecule has 5 heteroatoms. The second-order valence-electron chi connectivity index (χ2n) is 5.96. The van der Waals surface area contributed by atoms with Crippen molar-refractivity contribution in [2.45, 2.75) is 45.6 Å². The predicted octanol–water partition coefficient (Wildman–Crippen LogP) is 2.77. The number of imide groups is 1. The summed E-state index contributed by atoms with van der Waals surface area (Å²) in [6.45, 7) is 5.96. The lowest BCUT2D eigenvalue weighted by molar-refractivity contribution is -0.144. The summed E-state index contributed by atoms with van der Waals surface area (Å²) in [5, 5.41) is 2.11. The first-order chi connectivity index (χ1) is 12.0. The molecule has 0 saturated carbocycles. The summed E-state index contributed by atoms with van der Waals surface area (Å²) in [7, 11) is 0. The molecule has 0 aromatic heterocycles. The van der Waals surface area contributed by atoms with Crippen molar-refractivity contribution in [1.29, 1.82) is 0 Å². The summed E-state index contributed by atoms with van der Waals surface area (Å²) >= 11 is 0. The molecule has 25 heavy (non-hydrogen) atoms. The summed E-state index contributed by atoms with van der Waals surface area (Å²) in [5.74, 6) is -1.54. The smallest absolute Gasteiger partial charge is 0.310 e. The zero-order valence-corrected chi connectivity index (χ0v) is 14.5. The van der Waals surface area contributed by atoms with Crippen LogP contribution in [0.1, 0.15) is 42.9 Å². The van der Waals surface area contributed by atoms with Gasteiger partial charge in [0.05, 0.1) is 6.42 Å². The van der Waals surface area contributed by atoms with Crippen LogP contribution in [0.25, 0.3) is 0 Å². The van der Waals surface area contributed by atoms with E-state index in [0.717, 1.165) is 42.9 Å². The second-order valence-corrected chi connectivity index (χ2v) is 5.96. The van der Waals surface area contributed by atoms with Gasteiger partial charge in [0.25, 0.3) is 11.8 Å². The molecule has 1 aromatic rings. The van der Waals surface area contributed by atoms with Gasteiger partial charge in [0.15, 0.2) is 0 Å². The molecule has 5 nitrogen and oxygen atoms in total. The fourth-order valence-corrected chi connectivity index (χ4v) is 2.70. The number of ether oxygens (including phenoxy) is 1. The van der Waals surface area contributed by atoms with Crippen LogP contribution in [-0.4, -0.2) is 17.8 Å². The van der Waals surface area contributed by atoms with Crippen molar-refractivity contribution in [3.05, 3.63) is 59.2 Å². The van der Waals surface area contributed by atoms with Crippen LogP contribution < -0.4 is 5.32 Å². The van der Waals surface area contributed by atoms with Crippen molar-refractivity contribution < 1.29 is 19.1 Å². The van der Waals surface area contributed by atoms with E-state index in [0.29, 0.717) is 0 Å². The summed E-state index contributed by atoms with van der Waals surface area (Å²) in [5.41, 5.74) is 3.52. The van der Waals surface area contributed by atoms with Crippen molar-refractivity contribution in [1.82, 2.24) is 5.32 Å². The Morgan fingerprint density at radius 1 is 1.28 bits per heavy atom. The van der Waals surface area contributed by atoms with Crippen LogP contribution in [0.15, 0.2) is 42.5 Å². The fourth-order valence-electron chi connectivity index (χ4n) is 2.70. The molecule has 1 aromatic carbocycles. The number of esters is 1. The number of nitrogens with one attached hydrogen (secondary N) is 1. The normalized spacial score (nSPS) is 13.4. The Labute approximate surface area is 147 Å². The van der Waals surface area contributed by atoms with E-state index >= 15 is 0 Å².